The number of halogens is 1. The van der Waals surface area contributed by atoms with Crippen LogP contribution in [0.4, 0.5) is 4.39 Å². The van der Waals surface area contributed by atoms with Gasteiger partial charge in [-0.2, -0.15) is 9.49 Å². The van der Waals surface area contributed by atoms with Crippen molar-refractivity contribution in [2.24, 2.45) is 11.0 Å². The van der Waals surface area contributed by atoms with E-state index in [2.05, 4.69) is 5.10 Å². The lowest BCUT2D eigenvalue weighted by atomic mass is 10.1. The summed E-state index contributed by atoms with van der Waals surface area (Å²) in [5.41, 5.74) is 0. The zero-order valence-corrected chi connectivity index (χ0v) is 7.67. The van der Waals surface area contributed by atoms with Gasteiger partial charge in [0.05, 0.1) is 0 Å². The Morgan fingerprint density at radius 2 is 2.07 bits per heavy atom. The van der Waals surface area contributed by atoms with Crippen LogP contribution in [0.5, 0.6) is 0 Å². The van der Waals surface area contributed by atoms with Gasteiger partial charge in [-0.25, -0.2) is 0 Å². The van der Waals surface area contributed by atoms with Gasteiger partial charge < -0.3 is 4.57 Å². The zero-order valence-electron chi connectivity index (χ0n) is 7.67. The highest BCUT2D eigenvalue weighted by Gasteiger charge is 2.35. The monoisotopic (exact) mass is 195 g/mol. The van der Waals surface area contributed by atoms with Gasteiger partial charge >= 0.3 is 6.04 Å². The van der Waals surface area contributed by atoms with Crippen LogP contribution in [0.1, 0.15) is 6.17 Å². The summed E-state index contributed by atoms with van der Waals surface area (Å²) >= 11 is 0. The first-order valence-electron chi connectivity index (χ1n) is 4.29. The van der Waals surface area contributed by atoms with Gasteiger partial charge in [0.25, 0.3) is 0 Å². The molecule has 1 aliphatic heterocycles. The number of aromatic nitrogens is 1. The minimum atomic E-state index is -1.35. The number of carbonyl (C=O) groups is 1. The summed E-state index contributed by atoms with van der Waals surface area (Å²) in [6.07, 6.45) is 4.53. The number of hydrogen-bond acceptors (Lipinski definition) is 3. The van der Waals surface area contributed by atoms with Crippen molar-refractivity contribution in [3.63, 3.8) is 0 Å². The zero-order chi connectivity index (χ0) is 10.1. The SMILES string of the molecule is CN1N=CC(C(=O)F)C1n1cccc1. The minimum Gasteiger partial charge on any atom is -0.331 e. The number of hydrazone groups is 1. The van der Waals surface area contributed by atoms with Crippen molar-refractivity contribution in [1.29, 1.82) is 0 Å². The van der Waals surface area contributed by atoms with E-state index < -0.39 is 12.0 Å². The molecule has 2 atom stereocenters. The lowest BCUT2D eigenvalue weighted by Gasteiger charge is -2.23. The molecule has 5 heteroatoms. The standard InChI is InChI=1S/C9H10FN3O/c1-12-9(13-4-2-3-5-13)7(6-11-12)8(10)14/h2-7,9H,1H3. The Bertz CT molecular complexity index is 360. The molecule has 14 heavy (non-hydrogen) atoms. The van der Waals surface area contributed by atoms with E-state index in [4.69, 9.17) is 0 Å². The van der Waals surface area contributed by atoms with E-state index in [1.54, 1.807) is 29.0 Å². The lowest BCUT2D eigenvalue weighted by Crippen LogP contribution is -2.29. The van der Waals surface area contributed by atoms with E-state index in [1.165, 1.54) is 6.21 Å². The molecule has 0 amide bonds. The molecule has 0 aromatic carbocycles. The highest BCUT2D eigenvalue weighted by Crippen LogP contribution is 2.27. The van der Waals surface area contributed by atoms with Crippen molar-refractivity contribution in [3.8, 4) is 0 Å². The molecule has 4 nitrogen and oxygen atoms in total. The van der Waals surface area contributed by atoms with Crippen LogP contribution < -0.4 is 0 Å². The number of rotatable bonds is 2. The quantitative estimate of drug-likeness (QED) is 0.661. The molecule has 1 aliphatic rings. The lowest BCUT2D eigenvalue weighted by molar-refractivity contribution is -0.133. The van der Waals surface area contributed by atoms with Crippen LogP contribution in [0, 0.1) is 5.92 Å². The Hall–Kier alpha value is -1.65. The maximum Gasteiger partial charge on any atom is 0.314 e. The van der Waals surface area contributed by atoms with Gasteiger partial charge in [-0.15, -0.1) is 0 Å². The van der Waals surface area contributed by atoms with Crippen molar-refractivity contribution < 1.29 is 9.18 Å². The first kappa shape index (κ1) is 8.93. The molecular weight excluding hydrogens is 185 g/mol. The summed E-state index contributed by atoms with van der Waals surface area (Å²) in [6.45, 7) is 0. The summed E-state index contributed by atoms with van der Waals surface area (Å²) in [7, 11) is 1.71. The van der Waals surface area contributed by atoms with E-state index >= 15 is 0 Å². The molecule has 2 unspecified atom stereocenters. The van der Waals surface area contributed by atoms with Crippen LogP contribution in [-0.4, -0.2) is 28.9 Å². The molecule has 0 aliphatic carbocycles. The maximum atomic E-state index is 12.7. The van der Waals surface area contributed by atoms with E-state index in [0.29, 0.717) is 0 Å². The average molecular weight is 195 g/mol. The smallest absolute Gasteiger partial charge is 0.314 e. The molecule has 74 valence electrons. The third-order valence-electron chi connectivity index (χ3n) is 2.31. The van der Waals surface area contributed by atoms with E-state index in [1.807, 2.05) is 12.1 Å². The Labute approximate surface area is 80.6 Å². The Morgan fingerprint density at radius 1 is 1.43 bits per heavy atom. The molecule has 0 bridgehead atoms. The van der Waals surface area contributed by atoms with Crippen LogP contribution in [0.15, 0.2) is 29.6 Å². The van der Waals surface area contributed by atoms with Gasteiger partial charge in [-0.3, -0.25) is 9.80 Å². The summed E-state index contributed by atoms with van der Waals surface area (Å²) in [4.78, 5) is 10.7. The number of nitrogens with zero attached hydrogens (tertiary/aromatic N) is 3. The number of carbonyl (C=O) groups excluding carboxylic acids is 1. The summed E-state index contributed by atoms with van der Waals surface area (Å²) in [5.74, 6) is -0.799. The van der Waals surface area contributed by atoms with Crippen LogP contribution in [-0.2, 0) is 4.79 Å². The predicted octanol–water partition coefficient (Wildman–Crippen LogP) is 1.03. The highest BCUT2D eigenvalue weighted by molar-refractivity contribution is 5.90. The molecule has 0 spiro atoms. The van der Waals surface area contributed by atoms with Crippen molar-refractivity contribution in [2.45, 2.75) is 6.17 Å². The second-order valence-electron chi connectivity index (χ2n) is 3.21. The maximum absolute atomic E-state index is 12.7. The molecule has 0 fully saturated rings. The Morgan fingerprint density at radius 3 is 2.64 bits per heavy atom. The minimum absolute atomic E-state index is 0.373. The van der Waals surface area contributed by atoms with Gasteiger partial charge in [0.15, 0.2) is 0 Å². The molecule has 2 rings (SSSR count). The third kappa shape index (κ3) is 1.30. The normalized spacial score (nSPS) is 25.7. The Kier molecular flexibility index (Phi) is 2.07. The highest BCUT2D eigenvalue weighted by atomic mass is 19.1. The van der Waals surface area contributed by atoms with Crippen LogP contribution in [0.25, 0.3) is 0 Å². The second-order valence-corrected chi connectivity index (χ2v) is 3.21. The predicted molar refractivity (Wildman–Crippen MR) is 49.3 cm³/mol. The fourth-order valence-corrected chi connectivity index (χ4v) is 1.63. The van der Waals surface area contributed by atoms with Crippen LogP contribution in [0.3, 0.4) is 0 Å². The van der Waals surface area contributed by atoms with E-state index in [0.717, 1.165) is 0 Å². The fraction of sp³-hybridized carbons (Fsp3) is 0.333. The van der Waals surface area contributed by atoms with Crippen molar-refractivity contribution >= 4 is 12.3 Å². The molecule has 0 saturated heterocycles. The van der Waals surface area contributed by atoms with Gasteiger partial charge in [-0.1, -0.05) is 0 Å². The molecule has 0 radical (unpaired) electrons. The average Bonchev–Trinajstić information content (AvgIpc) is 2.71. The van der Waals surface area contributed by atoms with Gasteiger partial charge in [-0.05, 0) is 12.1 Å². The summed E-state index contributed by atoms with van der Waals surface area (Å²) in [6, 6.07) is 2.30. The summed E-state index contributed by atoms with van der Waals surface area (Å²) < 4.78 is 14.4. The van der Waals surface area contributed by atoms with E-state index in [9.17, 15) is 9.18 Å². The fourth-order valence-electron chi connectivity index (χ4n) is 1.63. The molecule has 1 aromatic heterocycles. The largest absolute Gasteiger partial charge is 0.331 e. The van der Waals surface area contributed by atoms with Crippen molar-refractivity contribution in [2.75, 3.05) is 7.05 Å². The molecule has 0 saturated carbocycles. The van der Waals surface area contributed by atoms with Crippen LogP contribution in [0.2, 0.25) is 0 Å². The second kappa shape index (κ2) is 3.25. The molecule has 2 heterocycles. The van der Waals surface area contributed by atoms with Gasteiger partial charge in [0.2, 0.25) is 0 Å². The first-order valence-corrected chi connectivity index (χ1v) is 4.29. The molecule has 0 N–H and O–H groups in total. The van der Waals surface area contributed by atoms with Crippen molar-refractivity contribution in [1.82, 2.24) is 9.58 Å². The van der Waals surface area contributed by atoms with Gasteiger partial charge in [0, 0.05) is 25.7 Å². The van der Waals surface area contributed by atoms with Crippen LogP contribution >= 0.6 is 0 Å². The van der Waals surface area contributed by atoms with Gasteiger partial charge in [0.1, 0.15) is 12.1 Å². The number of hydrogen-bond donors (Lipinski definition) is 0. The first-order chi connectivity index (χ1) is 6.70. The summed E-state index contributed by atoms with van der Waals surface area (Å²) in [5, 5.41) is 5.47. The molecular formula is C9H10FN3O. The third-order valence-corrected chi connectivity index (χ3v) is 2.31. The topological polar surface area (TPSA) is 37.6 Å². The van der Waals surface area contributed by atoms with Crippen molar-refractivity contribution in [3.05, 3.63) is 24.5 Å². The molecule has 1 aromatic rings. The Balaban J connectivity index is 2.29. The van der Waals surface area contributed by atoms with E-state index in [-0.39, 0.29) is 6.17 Å².